The Kier molecular flexibility index (Phi) is 2.99. The van der Waals surface area contributed by atoms with Gasteiger partial charge >= 0.3 is 5.97 Å². The predicted octanol–water partition coefficient (Wildman–Crippen LogP) is 2.63. The van der Waals surface area contributed by atoms with Gasteiger partial charge in [0.2, 0.25) is 0 Å². The molecule has 0 amide bonds. The van der Waals surface area contributed by atoms with Crippen molar-refractivity contribution in [1.29, 1.82) is 0 Å². The van der Waals surface area contributed by atoms with Crippen LogP contribution >= 0.6 is 0 Å². The molecule has 3 aromatic rings. The fraction of sp³-hybridized carbons (Fsp3) is 0.125. The van der Waals surface area contributed by atoms with Crippen LogP contribution in [0.15, 0.2) is 53.3 Å². The number of pyridine rings is 1. The minimum Gasteiger partial charge on any atom is -0.481 e. The molecule has 0 aliphatic carbocycles. The van der Waals surface area contributed by atoms with Crippen molar-refractivity contribution in [1.82, 2.24) is 4.57 Å². The standard InChI is InChI=1S/C16H13NO3/c18-15(19)9-10-17-14-8-4-3-6-12(14)11-5-1-2-7-13(11)16(17)20/h1-8H,9-10H2,(H,18,19). The first kappa shape index (κ1) is 12.4. The molecule has 1 heterocycles. The van der Waals surface area contributed by atoms with Crippen molar-refractivity contribution in [2.45, 2.75) is 13.0 Å². The van der Waals surface area contributed by atoms with Gasteiger partial charge in [-0.1, -0.05) is 36.4 Å². The quantitative estimate of drug-likeness (QED) is 0.742. The van der Waals surface area contributed by atoms with Gasteiger partial charge in [0, 0.05) is 17.3 Å². The summed E-state index contributed by atoms with van der Waals surface area (Å²) in [5.74, 6) is -0.908. The molecular formula is C16H13NO3. The number of aliphatic carboxylic acids is 1. The topological polar surface area (TPSA) is 59.3 Å². The monoisotopic (exact) mass is 267 g/mol. The van der Waals surface area contributed by atoms with Gasteiger partial charge in [0.1, 0.15) is 0 Å². The van der Waals surface area contributed by atoms with Gasteiger partial charge in [-0.2, -0.15) is 0 Å². The van der Waals surface area contributed by atoms with Crippen LogP contribution in [0.5, 0.6) is 0 Å². The highest BCUT2D eigenvalue weighted by Gasteiger charge is 2.10. The lowest BCUT2D eigenvalue weighted by Gasteiger charge is -2.12. The summed E-state index contributed by atoms with van der Waals surface area (Å²) in [5.41, 5.74) is 0.637. The average molecular weight is 267 g/mol. The molecule has 0 bridgehead atoms. The Labute approximate surface area is 114 Å². The van der Waals surface area contributed by atoms with Crippen molar-refractivity contribution in [2.24, 2.45) is 0 Å². The van der Waals surface area contributed by atoms with Crippen LogP contribution in [0.4, 0.5) is 0 Å². The maximum atomic E-state index is 12.5. The minimum atomic E-state index is -0.908. The number of para-hydroxylation sites is 1. The fourth-order valence-corrected chi connectivity index (χ4v) is 2.53. The fourth-order valence-electron chi connectivity index (χ4n) is 2.53. The van der Waals surface area contributed by atoms with Crippen LogP contribution in [0.1, 0.15) is 6.42 Å². The Morgan fingerprint density at radius 1 is 0.950 bits per heavy atom. The molecule has 4 heteroatoms. The Hall–Kier alpha value is -2.62. The predicted molar refractivity (Wildman–Crippen MR) is 78.0 cm³/mol. The molecule has 20 heavy (non-hydrogen) atoms. The highest BCUT2D eigenvalue weighted by Crippen LogP contribution is 2.22. The highest BCUT2D eigenvalue weighted by molar-refractivity contribution is 6.05. The van der Waals surface area contributed by atoms with Crippen LogP contribution in [0, 0.1) is 0 Å². The summed E-state index contributed by atoms with van der Waals surface area (Å²) in [4.78, 5) is 23.3. The number of benzene rings is 2. The van der Waals surface area contributed by atoms with E-state index in [1.54, 1.807) is 10.6 Å². The number of fused-ring (bicyclic) bond motifs is 3. The number of aryl methyl sites for hydroxylation is 1. The molecule has 0 radical (unpaired) electrons. The van der Waals surface area contributed by atoms with Crippen molar-refractivity contribution in [3.63, 3.8) is 0 Å². The van der Waals surface area contributed by atoms with Crippen molar-refractivity contribution in [2.75, 3.05) is 0 Å². The lowest BCUT2D eigenvalue weighted by atomic mass is 10.1. The van der Waals surface area contributed by atoms with Crippen LogP contribution in [-0.2, 0) is 11.3 Å². The molecule has 0 atom stereocenters. The third kappa shape index (κ3) is 1.95. The first-order valence-corrected chi connectivity index (χ1v) is 6.40. The van der Waals surface area contributed by atoms with E-state index in [9.17, 15) is 9.59 Å². The molecule has 2 aromatic carbocycles. The van der Waals surface area contributed by atoms with E-state index in [4.69, 9.17) is 5.11 Å². The van der Waals surface area contributed by atoms with Gasteiger partial charge in [-0.05, 0) is 17.5 Å². The molecule has 3 rings (SSSR count). The zero-order valence-electron chi connectivity index (χ0n) is 10.7. The van der Waals surface area contributed by atoms with Gasteiger partial charge < -0.3 is 9.67 Å². The summed E-state index contributed by atoms with van der Waals surface area (Å²) >= 11 is 0. The molecule has 0 fully saturated rings. The smallest absolute Gasteiger partial charge is 0.305 e. The maximum absolute atomic E-state index is 12.5. The summed E-state index contributed by atoms with van der Waals surface area (Å²) in [6.45, 7) is 0.180. The summed E-state index contributed by atoms with van der Waals surface area (Å²) in [6, 6.07) is 15.0. The van der Waals surface area contributed by atoms with E-state index in [0.29, 0.717) is 5.39 Å². The van der Waals surface area contributed by atoms with E-state index >= 15 is 0 Å². The molecular weight excluding hydrogens is 254 g/mol. The van der Waals surface area contributed by atoms with E-state index in [-0.39, 0.29) is 18.5 Å². The molecule has 0 spiro atoms. The number of carbonyl (C=O) groups is 1. The number of aromatic nitrogens is 1. The number of carboxylic acids is 1. The second-order valence-corrected chi connectivity index (χ2v) is 4.66. The molecule has 0 aliphatic rings. The summed E-state index contributed by atoms with van der Waals surface area (Å²) < 4.78 is 1.55. The molecule has 1 N–H and O–H groups in total. The lowest BCUT2D eigenvalue weighted by Crippen LogP contribution is -2.22. The third-order valence-corrected chi connectivity index (χ3v) is 3.44. The van der Waals surface area contributed by atoms with Gasteiger partial charge in [-0.25, -0.2) is 0 Å². The molecule has 1 aromatic heterocycles. The number of hydrogen-bond donors (Lipinski definition) is 1. The Balaban J connectivity index is 2.38. The highest BCUT2D eigenvalue weighted by atomic mass is 16.4. The number of hydrogen-bond acceptors (Lipinski definition) is 2. The maximum Gasteiger partial charge on any atom is 0.305 e. The Morgan fingerprint density at radius 3 is 2.25 bits per heavy atom. The Bertz CT molecular complexity index is 864. The molecule has 0 unspecified atom stereocenters. The second-order valence-electron chi connectivity index (χ2n) is 4.66. The zero-order valence-corrected chi connectivity index (χ0v) is 10.7. The van der Waals surface area contributed by atoms with Crippen LogP contribution in [0.3, 0.4) is 0 Å². The van der Waals surface area contributed by atoms with Gasteiger partial charge in [0.05, 0.1) is 11.9 Å². The largest absolute Gasteiger partial charge is 0.481 e. The molecule has 0 aliphatic heterocycles. The molecule has 4 nitrogen and oxygen atoms in total. The van der Waals surface area contributed by atoms with E-state index in [0.717, 1.165) is 16.3 Å². The van der Waals surface area contributed by atoms with E-state index in [2.05, 4.69) is 0 Å². The zero-order chi connectivity index (χ0) is 14.1. The van der Waals surface area contributed by atoms with Crippen molar-refractivity contribution >= 4 is 27.6 Å². The third-order valence-electron chi connectivity index (χ3n) is 3.44. The van der Waals surface area contributed by atoms with E-state index < -0.39 is 5.97 Å². The normalized spacial score (nSPS) is 11.0. The lowest BCUT2D eigenvalue weighted by molar-refractivity contribution is -0.137. The summed E-state index contributed by atoms with van der Waals surface area (Å²) in [7, 11) is 0. The number of nitrogens with zero attached hydrogens (tertiary/aromatic N) is 1. The van der Waals surface area contributed by atoms with Crippen molar-refractivity contribution < 1.29 is 9.90 Å². The number of carboxylic acid groups (broad SMARTS) is 1. The number of rotatable bonds is 3. The van der Waals surface area contributed by atoms with Crippen LogP contribution in [-0.4, -0.2) is 15.6 Å². The van der Waals surface area contributed by atoms with Gasteiger partial charge in [0.15, 0.2) is 0 Å². The average Bonchev–Trinajstić information content (AvgIpc) is 2.47. The van der Waals surface area contributed by atoms with Gasteiger partial charge in [0.25, 0.3) is 5.56 Å². The minimum absolute atomic E-state index is 0.0672. The first-order valence-electron chi connectivity index (χ1n) is 6.40. The van der Waals surface area contributed by atoms with Gasteiger partial charge in [-0.15, -0.1) is 0 Å². The molecule has 0 saturated carbocycles. The molecule has 0 saturated heterocycles. The van der Waals surface area contributed by atoms with Gasteiger partial charge in [-0.3, -0.25) is 9.59 Å². The van der Waals surface area contributed by atoms with Crippen molar-refractivity contribution in [3.05, 3.63) is 58.9 Å². The van der Waals surface area contributed by atoms with Crippen molar-refractivity contribution in [3.8, 4) is 0 Å². The van der Waals surface area contributed by atoms with Crippen LogP contribution in [0.25, 0.3) is 21.7 Å². The van der Waals surface area contributed by atoms with Crippen LogP contribution < -0.4 is 5.56 Å². The van der Waals surface area contributed by atoms with E-state index in [1.165, 1.54) is 0 Å². The summed E-state index contributed by atoms with van der Waals surface area (Å²) in [6.07, 6.45) is -0.0672. The second kappa shape index (κ2) is 4.81. The Morgan fingerprint density at radius 2 is 1.55 bits per heavy atom. The van der Waals surface area contributed by atoms with E-state index in [1.807, 2.05) is 42.5 Å². The summed E-state index contributed by atoms with van der Waals surface area (Å²) in [5, 5.41) is 11.3. The van der Waals surface area contributed by atoms with Crippen LogP contribution in [0.2, 0.25) is 0 Å². The molecule has 100 valence electrons. The SMILES string of the molecule is O=C(O)CCn1c(=O)c2ccccc2c2ccccc21. The first-order chi connectivity index (χ1) is 9.68.